The Morgan fingerprint density at radius 2 is 1.73 bits per heavy atom. The average molecular weight is 379 g/mol. The van der Waals surface area contributed by atoms with Gasteiger partial charge in [0.25, 0.3) is 5.24 Å². The molecule has 0 saturated carbocycles. The maximum Gasteiger partial charge on any atom is 0.321 e. The minimum atomic E-state index is -0.229. The molecule has 0 spiro atoms. The van der Waals surface area contributed by atoms with Crippen LogP contribution < -0.4 is 14.8 Å². The van der Waals surface area contributed by atoms with Crippen molar-refractivity contribution in [3.63, 3.8) is 0 Å². The number of urea groups is 1. The molecular weight excluding hydrogens is 358 g/mol. The van der Waals surface area contributed by atoms with Gasteiger partial charge in [-0.15, -0.1) is 0 Å². The Balaban J connectivity index is 1.59. The van der Waals surface area contributed by atoms with E-state index in [1.807, 2.05) is 0 Å². The van der Waals surface area contributed by atoms with Crippen molar-refractivity contribution in [2.45, 2.75) is 18.9 Å². The predicted octanol–water partition coefficient (Wildman–Crippen LogP) is 2.40. The Kier molecular flexibility index (Phi) is 5.55. The number of likely N-dealkylation sites (tertiary alicyclic amines) is 1. The Hall–Kier alpha value is -2.42. The molecule has 0 aromatic heterocycles. The summed E-state index contributed by atoms with van der Waals surface area (Å²) in [6, 6.07) is 4.80. The van der Waals surface area contributed by atoms with Gasteiger partial charge in [0.2, 0.25) is 5.91 Å². The number of rotatable bonds is 4. The number of nitrogens with zero attached hydrogens (tertiary/aromatic N) is 2. The summed E-state index contributed by atoms with van der Waals surface area (Å²) in [5.41, 5.74) is 0.578. The molecule has 0 aliphatic carbocycles. The topological polar surface area (TPSA) is 88.2 Å². The van der Waals surface area contributed by atoms with Gasteiger partial charge in [-0.3, -0.25) is 14.5 Å². The number of hydrogen-bond donors (Lipinski definition) is 1. The number of amides is 4. The molecule has 2 aliphatic rings. The second-order valence-corrected chi connectivity index (χ2v) is 6.99. The van der Waals surface area contributed by atoms with Crippen LogP contribution in [0.2, 0.25) is 0 Å². The highest BCUT2D eigenvalue weighted by molar-refractivity contribution is 8.14. The molecule has 26 heavy (non-hydrogen) atoms. The quantitative estimate of drug-likeness (QED) is 0.864. The number of piperidine rings is 1. The van der Waals surface area contributed by atoms with E-state index in [-0.39, 0.29) is 29.0 Å². The summed E-state index contributed by atoms with van der Waals surface area (Å²) >= 11 is 1.04. The summed E-state index contributed by atoms with van der Waals surface area (Å²) in [7, 11) is 3.09. The minimum Gasteiger partial charge on any atom is -0.497 e. The predicted molar refractivity (Wildman–Crippen MR) is 97.9 cm³/mol. The Labute approximate surface area is 155 Å². The number of thioether (sulfide) groups is 1. The zero-order valence-electron chi connectivity index (χ0n) is 14.7. The molecule has 2 fully saturated rings. The Bertz CT molecular complexity index is 680. The van der Waals surface area contributed by atoms with Crippen molar-refractivity contribution in [3.8, 4) is 11.5 Å². The monoisotopic (exact) mass is 379 g/mol. The normalized spacial score (nSPS) is 18.2. The molecule has 1 aromatic carbocycles. The van der Waals surface area contributed by atoms with Gasteiger partial charge < -0.3 is 19.7 Å². The molecule has 2 saturated heterocycles. The summed E-state index contributed by atoms with van der Waals surface area (Å²) in [4.78, 5) is 39.2. The first-order valence-corrected chi connectivity index (χ1v) is 9.28. The Morgan fingerprint density at radius 1 is 1.12 bits per heavy atom. The number of methoxy groups -OCH3 is 2. The van der Waals surface area contributed by atoms with Crippen molar-refractivity contribution in [2.24, 2.45) is 0 Å². The van der Waals surface area contributed by atoms with Gasteiger partial charge in [-0.1, -0.05) is 11.8 Å². The van der Waals surface area contributed by atoms with E-state index < -0.39 is 0 Å². The smallest absolute Gasteiger partial charge is 0.321 e. The highest BCUT2D eigenvalue weighted by Crippen LogP contribution is 2.28. The van der Waals surface area contributed by atoms with Crippen LogP contribution in [0.15, 0.2) is 18.2 Å². The molecule has 0 unspecified atom stereocenters. The number of hydrogen-bond acceptors (Lipinski definition) is 6. The van der Waals surface area contributed by atoms with E-state index in [1.165, 1.54) is 4.90 Å². The van der Waals surface area contributed by atoms with Gasteiger partial charge in [0.05, 0.1) is 20.0 Å². The van der Waals surface area contributed by atoms with Crippen LogP contribution in [-0.4, -0.2) is 66.1 Å². The van der Waals surface area contributed by atoms with Crippen LogP contribution in [0.5, 0.6) is 11.5 Å². The van der Waals surface area contributed by atoms with Crippen molar-refractivity contribution >= 4 is 34.6 Å². The molecule has 140 valence electrons. The summed E-state index contributed by atoms with van der Waals surface area (Å²) < 4.78 is 10.4. The molecule has 4 amide bonds. The van der Waals surface area contributed by atoms with Gasteiger partial charge in [0, 0.05) is 43.0 Å². The zero-order chi connectivity index (χ0) is 18.7. The molecular formula is C17H21N3O5S. The standard InChI is InChI=1S/C17H21N3O5S/c1-24-13-7-11(8-14(9-13)25-2)18-16(22)19-5-3-12(4-6-19)20-15(21)10-26-17(20)23/h7-9,12H,3-6,10H2,1-2H3,(H,18,22). The molecule has 2 aliphatic heterocycles. The summed E-state index contributed by atoms with van der Waals surface area (Å²) in [5.74, 6) is 1.26. The van der Waals surface area contributed by atoms with Gasteiger partial charge in [0.1, 0.15) is 11.5 Å². The lowest BCUT2D eigenvalue weighted by atomic mass is 10.0. The third-order valence-corrected chi connectivity index (χ3v) is 5.34. The lowest BCUT2D eigenvalue weighted by Crippen LogP contribution is -2.49. The minimum absolute atomic E-state index is 0.119. The number of benzene rings is 1. The van der Waals surface area contributed by atoms with Crippen molar-refractivity contribution in [2.75, 3.05) is 38.4 Å². The van der Waals surface area contributed by atoms with Crippen LogP contribution in [-0.2, 0) is 4.79 Å². The molecule has 8 nitrogen and oxygen atoms in total. The summed E-state index contributed by atoms with van der Waals surface area (Å²) in [6.07, 6.45) is 1.18. The van der Waals surface area contributed by atoms with Gasteiger partial charge in [-0.2, -0.15) is 0 Å². The van der Waals surface area contributed by atoms with E-state index in [4.69, 9.17) is 9.47 Å². The fourth-order valence-electron chi connectivity index (χ4n) is 3.13. The second kappa shape index (κ2) is 7.86. The highest BCUT2D eigenvalue weighted by atomic mass is 32.2. The molecule has 9 heteroatoms. The van der Waals surface area contributed by atoms with E-state index in [0.717, 1.165) is 11.8 Å². The molecule has 0 radical (unpaired) electrons. The maximum atomic E-state index is 12.5. The van der Waals surface area contributed by atoms with Crippen molar-refractivity contribution in [1.82, 2.24) is 9.80 Å². The molecule has 2 heterocycles. The van der Waals surface area contributed by atoms with E-state index in [0.29, 0.717) is 43.1 Å². The van der Waals surface area contributed by atoms with Crippen LogP contribution in [0.3, 0.4) is 0 Å². The van der Waals surface area contributed by atoms with E-state index in [9.17, 15) is 14.4 Å². The fourth-order valence-corrected chi connectivity index (χ4v) is 3.90. The number of carbonyl (C=O) groups excluding carboxylic acids is 3. The molecule has 3 rings (SSSR count). The van der Waals surface area contributed by atoms with Gasteiger partial charge in [0.15, 0.2) is 0 Å². The first kappa shape index (κ1) is 18.4. The number of ether oxygens (including phenoxy) is 2. The molecule has 0 bridgehead atoms. The van der Waals surface area contributed by atoms with Crippen molar-refractivity contribution in [1.29, 1.82) is 0 Å². The average Bonchev–Trinajstić information content (AvgIpc) is 2.99. The van der Waals surface area contributed by atoms with Crippen molar-refractivity contribution < 1.29 is 23.9 Å². The second-order valence-electron chi connectivity index (χ2n) is 6.07. The first-order valence-electron chi connectivity index (χ1n) is 8.29. The number of anilines is 1. The van der Waals surface area contributed by atoms with Crippen LogP contribution in [0.25, 0.3) is 0 Å². The van der Waals surface area contributed by atoms with Crippen molar-refractivity contribution in [3.05, 3.63) is 18.2 Å². The van der Waals surface area contributed by atoms with Gasteiger partial charge in [-0.05, 0) is 12.8 Å². The number of imide groups is 1. The maximum absolute atomic E-state index is 12.5. The SMILES string of the molecule is COc1cc(NC(=O)N2CCC(N3C(=O)CSC3=O)CC2)cc(OC)c1. The lowest BCUT2D eigenvalue weighted by molar-refractivity contribution is -0.126. The van der Waals surface area contributed by atoms with Crippen LogP contribution >= 0.6 is 11.8 Å². The molecule has 0 atom stereocenters. The molecule has 1 N–H and O–H groups in total. The van der Waals surface area contributed by atoms with E-state index in [1.54, 1.807) is 37.3 Å². The zero-order valence-corrected chi connectivity index (χ0v) is 15.5. The van der Waals surface area contributed by atoms with Crippen LogP contribution in [0.1, 0.15) is 12.8 Å². The fraction of sp³-hybridized carbons (Fsp3) is 0.471. The van der Waals surface area contributed by atoms with Crippen LogP contribution in [0, 0.1) is 0 Å². The van der Waals surface area contributed by atoms with Gasteiger partial charge in [-0.25, -0.2) is 4.79 Å². The third-order valence-electron chi connectivity index (χ3n) is 4.50. The lowest BCUT2D eigenvalue weighted by Gasteiger charge is -2.35. The first-order chi connectivity index (χ1) is 12.5. The van der Waals surface area contributed by atoms with Crippen LogP contribution in [0.4, 0.5) is 15.3 Å². The Morgan fingerprint density at radius 3 is 2.23 bits per heavy atom. The van der Waals surface area contributed by atoms with E-state index in [2.05, 4.69) is 5.32 Å². The summed E-state index contributed by atoms with van der Waals surface area (Å²) in [5, 5.41) is 2.66. The molecule has 1 aromatic rings. The largest absolute Gasteiger partial charge is 0.497 e. The van der Waals surface area contributed by atoms with Gasteiger partial charge >= 0.3 is 6.03 Å². The highest BCUT2D eigenvalue weighted by Gasteiger charge is 2.37. The van der Waals surface area contributed by atoms with E-state index >= 15 is 0 Å². The third kappa shape index (κ3) is 3.87. The number of nitrogens with one attached hydrogen (secondary N) is 1. The number of carbonyl (C=O) groups is 3. The summed E-state index contributed by atoms with van der Waals surface area (Å²) in [6.45, 7) is 0.971.